The third kappa shape index (κ3) is 4.65. The number of aliphatic hydroxyl groups is 1. The fourth-order valence-corrected chi connectivity index (χ4v) is 2.15. The number of nitrogens with zero attached hydrogens (tertiary/aromatic N) is 3. The molecule has 2 rings (SSSR count). The average molecular weight is 289 g/mol. The Morgan fingerprint density at radius 2 is 1.86 bits per heavy atom. The summed E-state index contributed by atoms with van der Waals surface area (Å²) in [6.45, 7) is 9.58. The number of rotatable bonds is 6. The van der Waals surface area contributed by atoms with Crippen LogP contribution in [0.3, 0.4) is 0 Å². The first kappa shape index (κ1) is 15.7. The molecule has 1 heterocycles. The number of likely N-dealkylation sites (N-methyl/N-ethyl adjacent to an activating group) is 1. The Morgan fingerprint density at radius 1 is 1.19 bits per heavy atom. The van der Waals surface area contributed by atoms with Crippen LogP contribution in [-0.2, 0) is 6.54 Å². The van der Waals surface area contributed by atoms with Gasteiger partial charge in [-0.25, -0.2) is 0 Å². The molecule has 0 aliphatic carbocycles. The molecule has 0 unspecified atom stereocenters. The van der Waals surface area contributed by atoms with Crippen molar-refractivity contribution in [3.8, 4) is 11.5 Å². The number of hydrogen-bond donors (Lipinski definition) is 1. The lowest BCUT2D eigenvalue weighted by Gasteiger charge is -2.26. The van der Waals surface area contributed by atoms with Crippen LogP contribution in [0.1, 0.15) is 32.2 Å². The monoisotopic (exact) mass is 289 g/mol. The van der Waals surface area contributed by atoms with Gasteiger partial charge < -0.3 is 9.52 Å². The lowest BCUT2D eigenvalue weighted by Crippen LogP contribution is -2.38. The Bertz CT molecular complexity index is 570. The molecule has 5 nitrogen and oxygen atoms in total. The smallest absolute Gasteiger partial charge is 0.247 e. The molecule has 114 valence electrons. The van der Waals surface area contributed by atoms with E-state index in [4.69, 9.17) is 4.42 Å². The highest BCUT2D eigenvalue weighted by Crippen LogP contribution is 2.19. The van der Waals surface area contributed by atoms with Crippen molar-refractivity contribution in [2.24, 2.45) is 0 Å². The highest BCUT2D eigenvalue weighted by molar-refractivity contribution is 5.52. The molecule has 0 fully saturated rings. The van der Waals surface area contributed by atoms with Crippen LogP contribution >= 0.6 is 0 Å². The van der Waals surface area contributed by atoms with Crippen molar-refractivity contribution in [2.45, 2.75) is 39.8 Å². The minimum atomic E-state index is -0.740. The van der Waals surface area contributed by atoms with Gasteiger partial charge >= 0.3 is 0 Å². The molecule has 0 spiro atoms. The van der Waals surface area contributed by atoms with Crippen LogP contribution in [0.4, 0.5) is 0 Å². The predicted molar refractivity (Wildman–Crippen MR) is 81.7 cm³/mol. The number of aromatic nitrogens is 2. The van der Waals surface area contributed by atoms with Gasteiger partial charge in [0.15, 0.2) is 0 Å². The maximum Gasteiger partial charge on any atom is 0.247 e. The van der Waals surface area contributed by atoms with Crippen molar-refractivity contribution in [1.29, 1.82) is 0 Å². The molecular weight excluding hydrogens is 266 g/mol. The standard InChI is InChI=1S/C16H23N3O2/c1-5-19(11-16(3,4)20)10-14-17-18-15(21-14)13-8-6-12(2)7-9-13/h6-9,20H,5,10-11H2,1-4H3. The summed E-state index contributed by atoms with van der Waals surface area (Å²) >= 11 is 0. The van der Waals surface area contributed by atoms with E-state index in [-0.39, 0.29) is 0 Å². The normalized spacial score (nSPS) is 12.1. The first-order valence-corrected chi connectivity index (χ1v) is 7.21. The summed E-state index contributed by atoms with van der Waals surface area (Å²) < 4.78 is 5.71. The second-order valence-corrected chi connectivity index (χ2v) is 5.98. The summed E-state index contributed by atoms with van der Waals surface area (Å²) in [5, 5.41) is 18.1. The Morgan fingerprint density at radius 3 is 2.43 bits per heavy atom. The van der Waals surface area contributed by atoms with E-state index in [1.165, 1.54) is 5.56 Å². The van der Waals surface area contributed by atoms with Gasteiger partial charge in [-0.1, -0.05) is 24.6 Å². The molecule has 21 heavy (non-hydrogen) atoms. The maximum absolute atomic E-state index is 9.90. The molecular formula is C16H23N3O2. The molecule has 0 saturated carbocycles. The van der Waals surface area contributed by atoms with Crippen molar-refractivity contribution < 1.29 is 9.52 Å². The van der Waals surface area contributed by atoms with Crippen molar-refractivity contribution in [3.05, 3.63) is 35.7 Å². The van der Waals surface area contributed by atoms with Gasteiger partial charge in [0.05, 0.1) is 12.1 Å². The van der Waals surface area contributed by atoms with Crippen molar-refractivity contribution in [1.82, 2.24) is 15.1 Å². The average Bonchev–Trinajstić information content (AvgIpc) is 2.85. The maximum atomic E-state index is 9.90. The molecule has 0 aliphatic heterocycles. The van der Waals surface area contributed by atoms with E-state index in [2.05, 4.69) is 15.1 Å². The van der Waals surface area contributed by atoms with Crippen LogP contribution in [0.2, 0.25) is 0 Å². The van der Waals surface area contributed by atoms with Gasteiger partial charge in [-0.2, -0.15) is 0 Å². The molecule has 5 heteroatoms. The van der Waals surface area contributed by atoms with E-state index in [1.807, 2.05) is 38.1 Å². The number of aryl methyl sites for hydroxylation is 1. The minimum Gasteiger partial charge on any atom is -0.419 e. The molecule has 0 bridgehead atoms. The van der Waals surface area contributed by atoms with Crippen LogP contribution in [0.5, 0.6) is 0 Å². The lowest BCUT2D eigenvalue weighted by molar-refractivity contribution is 0.0329. The Balaban J connectivity index is 2.07. The highest BCUT2D eigenvalue weighted by atomic mass is 16.4. The molecule has 1 aromatic heterocycles. The van der Waals surface area contributed by atoms with Gasteiger partial charge in [-0.3, -0.25) is 4.90 Å². The van der Waals surface area contributed by atoms with Crippen LogP contribution in [0.25, 0.3) is 11.5 Å². The minimum absolute atomic E-state index is 0.532. The lowest BCUT2D eigenvalue weighted by atomic mass is 10.1. The molecule has 2 aromatic rings. The highest BCUT2D eigenvalue weighted by Gasteiger charge is 2.19. The number of benzene rings is 1. The SMILES string of the molecule is CCN(Cc1nnc(-c2ccc(C)cc2)o1)CC(C)(C)O. The summed E-state index contributed by atoms with van der Waals surface area (Å²) in [5.74, 6) is 1.10. The molecule has 0 aliphatic rings. The van der Waals surface area contributed by atoms with Crippen LogP contribution in [0, 0.1) is 6.92 Å². The van der Waals surface area contributed by atoms with Gasteiger partial charge in [0.25, 0.3) is 0 Å². The van der Waals surface area contributed by atoms with Gasteiger partial charge in [-0.05, 0) is 39.4 Å². The zero-order valence-corrected chi connectivity index (χ0v) is 13.1. The van der Waals surface area contributed by atoms with E-state index in [0.717, 1.165) is 12.1 Å². The third-order valence-electron chi connectivity index (χ3n) is 3.18. The van der Waals surface area contributed by atoms with Gasteiger partial charge in [0.1, 0.15) is 0 Å². The predicted octanol–water partition coefficient (Wildman–Crippen LogP) is 2.64. The largest absolute Gasteiger partial charge is 0.419 e. The fourth-order valence-electron chi connectivity index (χ4n) is 2.15. The van der Waals surface area contributed by atoms with Gasteiger partial charge in [-0.15, -0.1) is 10.2 Å². The topological polar surface area (TPSA) is 62.4 Å². The third-order valence-corrected chi connectivity index (χ3v) is 3.18. The van der Waals surface area contributed by atoms with Gasteiger partial charge in [0.2, 0.25) is 11.8 Å². The van der Waals surface area contributed by atoms with Crippen LogP contribution < -0.4 is 0 Å². The van der Waals surface area contributed by atoms with E-state index < -0.39 is 5.60 Å². The zero-order valence-electron chi connectivity index (χ0n) is 13.1. The van der Waals surface area contributed by atoms with E-state index >= 15 is 0 Å². The zero-order chi connectivity index (χ0) is 15.5. The molecule has 0 saturated heterocycles. The first-order valence-electron chi connectivity index (χ1n) is 7.21. The van der Waals surface area contributed by atoms with E-state index in [9.17, 15) is 5.11 Å². The summed E-state index contributed by atoms with van der Waals surface area (Å²) in [7, 11) is 0. The van der Waals surface area contributed by atoms with E-state index in [0.29, 0.717) is 24.9 Å². The van der Waals surface area contributed by atoms with Crippen molar-refractivity contribution in [2.75, 3.05) is 13.1 Å². The molecule has 0 radical (unpaired) electrons. The number of hydrogen-bond acceptors (Lipinski definition) is 5. The first-order chi connectivity index (χ1) is 9.87. The molecule has 0 amide bonds. The molecule has 1 aromatic carbocycles. The van der Waals surface area contributed by atoms with Crippen LogP contribution in [0.15, 0.2) is 28.7 Å². The second kappa shape index (κ2) is 6.37. The Kier molecular flexibility index (Phi) is 4.75. The quantitative estimate of drug-likeness (QED) is 0.885. The summed E-state index contributed by atoms with van der Waals surface area (Å²) in [6, 6.07) is 7.99. The Labute approximate surface area is 125 Å². The fraction of sp³-hybridized carbons (Fsp3) is 0.500. The summed E-state index contributed by atoms with van der Waals surface area (Å²) in [5.41, 5.74) is 1.38. The van der Waals surface area contributed by atoms with Crippen molar-refractivity contribution in [3.63, 3.8) is 0 Å². The molecule has 1 N–H and O–H groups in total. The van der Waals surface area contributed by atoms with E-state index in [1.54, 1.807) is 13.8 Å². The van der Waals surface area contributed by atoms with Crippen LogP contribution in [-0.4, -0.2) is 38.9 Å². The van der Waals surface area contributed by atoms with Crippen molar-refractivity contribution >= 4 is 0 Å². The summed E-state index contributed by atoms with van der Waals surface area (Å²) in [6.07, 6.45) is 0. The second-order valence-electron chi connectivity index (χ2n) is 5.98. The molecule has 0 atom stereocenters. The Hall–Kier alpha value is -1.72. The summed E-state index contributed by atoms with van der Waals surface area (Å²) in [4.78, 5) is 2.08. The van der Waals surface area contributed by atoms with Gasteiger partial charge in [0, 0.05) is 12.1 Å².